The van der Waals surface area contributed by atoms with E-state index in [1.54, 1.807) is 18.2 Å². The second-order valence-electron chi connectivity index (χ2n) is 6.79. The van der Waals surface area contributed by atoms with Gasteiger partial charge < -0.3 is 14.7 Å². The minimum atomic E-state index is -0.477. The number of hydrogen-bond acceptors (Lipinski definition) is 4. The Bertz CT molecular complexity index is 1030. The van der Waals surface area contributed by atoms with Crippen molar-refractivity contribution in [1.29, 1.82) is 0 Å². The minimum absolute atomic E-state index is 0.109. The highest BCUT2D eigenvalue weighted by Gasteiger charge is 2.35. The summed E-state index contributed by atoms with van der Waals surface area (Å²) in [6.45, 7) is 0.447. The van der Waals surface area contributed by atoms with E-state index in [4.69, 9.17) is 16.1 Å². The molecule has 2 aromatic carbocycles. The Hall–Kier alpha value is -3.19. The zero-order valence-corrected chi connectivity index (χ0v) is 16.0. The van der Waals surface area contributed by atoms with Gasteiger partial charge in [-0.3, -0.25) is 9.59 Å². The first kappa shape index (κ1) is 19.1. The molecule has 148 valence electrons. The van der Waals surface area contributed by atoms with Crippen LogP contribution in [-0.4, -0.2) is 23.5 Å². The lowest BCUT2D eigenvalue weighted by Crippen LogP contribution is -2.32. The fraction of sp³-hybridized carbons (Fsp3) is 0.190. The van der Waals surface area contributed by atoms with Crippen molar-refractivity contribution in [1.82, 2.24) is 10.5 Å². The molecule has 4 rings (SSSR count). The Kier molecular flexibility index (Phi) is 5.31. The lowest BCUT2D eigenvalue weighted by atomic mass is 10.1. The van der Waals surface area contributed by atoms with Gasteiger partial charge in [-0.2, -0.15) is 0 Å². The van der Waals surface area contributed by atoms with Crippen LogP contribution in [0, 0.1) is 11.7 Å². The number of carbonyl (C=O) groups excluding carboxylic acids is 2. The highest BCUT2D eigenvalue weighted by Crippen LogP contribution is 2.26. The number of rotatable bonds is 5. The van der Waals surface area contributed by atoms with E-state index in [1.165, 1.54) is 29.2 Å². The van der Waals surface area contributed by atoms with Crippen molar-refractivity contribution in [2.45, 2.75) is 13.0 Å². The van der Waals surface area contributed by atoms with Crippen LogP contribution in [0.3, 0.4) is 0 Å². The van der Waals surface area contributed by atoms with E-state index < -0.39 is 5.92 Å². The summed E-state index contributed by atoms with van der Waals surface area (Å²) in [6.07, 6.45) is 0.109. The summed E-state index contributed by atoms with van der Waals surface area (Å²) >= 11 is 5.88. The molecule has 1 aliphatic heterocycles. The maximum absolute atomic E-state index is 13.1. The monoisotopic (exact) mass is 413 g/mol. The van der Waals surface area contributed by atoms with Crippen molar-refractivity contribution >= 4 is 29.1 Å². The number of anilines is 1. The van der Waals surface area contributed by atoms with E-state index >= 15 is 0 Å². The standard InChI is InChI=1S/C21H17ClFN3O3/c22-15-3-1-13(2-4-15)19-10-17(25-29-19)11-24-21(28)14-9-20(27)26(12-14)18-7-5-16(23)6-8-18/h1-8,10,14H,9,11-12H2,(H,24,28). The van der Waals surface area contributed by atoms with Crippen molar-refractivity contribution in [3.63, 3.8) is 0 Å². The number of carbonyl (C=O) groups is 2. The molecule has 0 bridgehead atoms. The summed E-state index contributed by atoms with van der Waals surface area (Å²) in [7, 11) is 0. The molecule has 2 amide bonds. The van der Waals surface area contributed by atoms with Crippen molar-refractivity contribution in [2.75, 3.05) is 11.4 Å². The molecule has 3 aromatic rings. The third kappa shape index (κ3) is 4.30. The zero-order valence-electron chi connectivity index (χ0n) is 15.3. The maximum atomic E-state index is 13.1. The van der Waals surface area contributed by atoms with Crippen molar-refractivity contribution < 1.29 is 18.5 Å². The molecule has 1 fully saturated rings. The van der Waals surface area contributed by atoms with Gasteiger partial charge in [0, 0.05) is 35.3 Å². The average molecular weight is 414 g/mol. The smallest absolute Gasteiger partial charge is 0.227 e. The average Bonchev–Trinajstić information content (AvgIpc) is 3.34. The van der Waals surface area contributed by atoms with Gasteiger partial charge in [-0.25, -0.2) is 4.39 Å². The molecule has 0 spiro atoms. The summed E-state index contributed by atoms with van der Waals surface area (Å²) < 4.78 is 18.4. The highest BCUT2D eigenvalue weighted by atomic mass is 35.5. The lowest BCUT2D eigenvalue weighted by molar-refractivity contribution is -0.126. The number of nitrogens with one attached hydrogen (secondary N) is 1. The Labute approximate surface area is 171 Å². The SMILES string of the molecule is O=C(NCc1cc(-c2ccc(Cl)cc2)on1)C1CC(=O)N(c2ccc(F)cc2)C1. The van der Waals surface area contributed by atoms with Crippen molar-refractivity contribution in [2.24, 2.45) is 5.92 Å². The molecule has 0 aliphatic carbocycles. The minimum Gasteiger partial charge on any atom is -0.356 e. The normalized spacial score (nSPS) is 16.3. The van der Waals surface area contributed by atoms with E-state index in [0.29, 0.717) is 22.2 Å². The van der Waals surface area contributed by atoms with E-state index in [0.717, 1.165) is 5.56 Å². The predicted molar refractivity (Wildman–Crippen MR) is 106 cm³/mol. The molecule has 1 aromatic heterocycles. The Morgan fingerprint density at radius 3 is 2.66 bits per heavy atom. The number of benzene rings is 2. The second kappa shape index (κ2) is 8.05. The third-order valence-corrected chi connectivity index (χ3v) is 5.02. The van der Waals surface area contributed by atoms with Gasteiger partial charge in [-0.05, 0) is 48.5 Å². The van der Waals surface area contributed by atoms with Crippen LogP contribution in [-0.2, 0) is 16.1 Å². The van der Waals surface area contributed by atoms with E-state index in [9.17, 15) is 14.0 Å². The molecule has 1 atom stereocenters. The van der Waals surface area contributed by atoms with Gasteiger partial charge in [0.05, 0.1) is 12.5 Å². The van der Waals surface area contributed by atoms with Gasteiger partial charge >= 0.3 is 0 Å². The molecule has 0 saturated carbocycles. The Balaban J connectivity index is 1.35. The Morgan fingerprint density at radius 1 is 1.21 bits per heavy atom. The van der Waals surface area contributed by atoms with Crippen LogP contribution in [0.1, 0.15) is 12.1 Å². The predicted octanol–water partition coefficient (Wildman–Crippen LogP) is 3.80. The zero-order chi connectivity index (χ0) is 20.4. The quantitative estimate of drug-likeness (QED) is 0.690. The molecule has 1 unspecified atom stereocenters. The largest absolute Gasteiger partial charge is 0.356 e. The van der Waals surface area contributed by atoms with Crippen LogP contribution >= 0.6 is 11.6 Å². The fourth-order valence-corrected chi connectivity index (χ4v) is 3.35. The van der Waals surface area contributed by atoms with Crippen molar-refractivity contribution in [3.05, 3.63) is 71.1 Å². The molecular weight excluding hydrogens is 397 g/mol. The van der Waals surface area contributed by atoms with Crippen LogP contribution in [0.4, 0.5) is 10.1 Å². The van der Waals surface area contributed by atoms with Gasteiger partial charge in [0.1, 0.15) is 11.5 Å². The maximum Gasteiger partial charge on any atom is 0.227 e. The van der Waals surface area contributed by atoms with E-state index in [-0.39, 0.29) is 37.1 Å². The number of aromatic nitrogens is 1. The molecule has 2 heterocycles. The fourth-order valence-electron chi connectivity index (χ4n) is 3.22. The molecule has 1 aliphatic rings. The first-order valence-corrected chi connectivity index (χ1v) is 9.42. The summed E-state index contributed by atoms with van der Waals surface area (Å²) in [5.74, 6) is -0.679. The Morgan fingerprint density at radius 2 is 1.93 bits per heavy atom. The molecule has 0 radical (unpaired) electrons. The topological polar surface area (TPSA) is 75.4 Å². The number of amides is 2. The molecular formula is C21H17ClFN3O3. The van der Waals surface area contributed by atoms with E-state index in [1.807, 2.05) is 12.1 Å². The summed E-state index contributed by atoms with van der Waals surface area (Å²) in [5, 5.41) is 7.39. The van der Waals surface area contributed by atoms with E-state index in [2.05, 4.69) is 10.5 Å². The molecule has 8 heteroatoms. The highest BCUT2D eigenvalue weighted by molar-refractivity contribution is 6.30. The first-order chi connectivity index (χ1) is 14.0. The van der Waals surface area contributed by atoms with Crippen LogP contribution in [0.25, 0.3) is 11.3 Å². The number of nitrogens with zero attached hydrogens (tertiary/aromatic N) is 2. The molecule has 1 N–H and O–H groups in total. The van der Waals surface area contributed by atoms with Gasteiger partial charge in [0.25, 0.3) is 0 Å². The first-order valence-electron chi connectivity index (χ1n) is 9.05. The van der Waals surface area contributed by atoms with Crippen LogP contribution < -0.4 is 10.2 Å². The van der Waals surface area contributed by atoms with Gasteiger partial charge in [0.2, 0.25) is 11.8 Å². The van der Waals surface area contributed by atoms with Crippen LogP contribution in [0.2, 0.25) is 5.02 Å². The van der Waals surface area contributed by atoms with Gasteiger partial charge in [0.15, 0.2) is 5.76 Å². The molecule has 1 saturated heterocycles. The van der Waals surface area contributed by atoms with Gasteiger partial charge in [-0.1, -0.05) is 16.8 Å². The summed E-state index contributed by atoms with van der Waals surface area (Å²) in [4.78, 5) is 26.2. The van der Waals surface area contributed by atoms with Crippen LogP contribution in [0.15, 0.2) is 59.1 Å². The third-order valence-electron chi connectivity index (χ3n) is 4.77. The molecule has 6 nitrogen and oxygen atoms in total. The van der Waals surface area contributed by atoms with Crippen molar-refractivity contribution in [3.8, 4) is 11.3 Å². The van der Waals surface area contributed by atoms with Crippen LogP contribution in [0.5, 0.6) is 0 Å². The van der Waals surface area contributed by atoms with Gasteiger partial charge in [-0.15, -0.1) is 0 Å². The summed E-state index contributed by atoms with van der Waals surface area (Å²) in [6, 6.07) is 14.5. The summed E-state index contributed by atoms with van der Waals surface area (Å²) in [5.41, 5.74) is 1.98. The number of hydrogen-bond donors (Lipinski definition) is 1. The molecule has 29 heavy (non-hydrogen) atoms. The lowest BCUT2D eigenvalue weighted by Gasteiger charge is -2.16. The number of halogens is 2. The second-order valence-corrected chi connectivity index (χ2v) is 7.23.